The molecule has 3 rings (SSSR count). The summed E-state index contributed by atoms with van der Waals surface area (Å²) in [7, 11) is -3.88. The number of nitrogens with zero attached hydrogens (tertiary/aromatic N) is 1. The molecule has 8 heteroatoms. The minimum absolute atomic E-state index is 0.0644. The van der Waals surface area contributed by atoms with Crippen LogP contribution in [-0.2, 0) is 14.3 Å². The molecule has 6 nitrogen and oxygen atoms in total. The lowest BCUT2D eigenvalue weighted by Gasteiger charge is -2.26. The van der Waals surface area contributed by atoms with Crippen molar-refractivity contribution in [3.8, 4) is 17.6 Å². The molecule has 0 N–H and O–H groups in total. The van der Waals surface area contributed by atoms with Crippen molar-refractivity contribution in [2.75, 3.05) is 13.2 Å². The number of hydrogen-bond donors (Lipinski definition) is 0. The molecule has 0 aromatic heterocycles. The van der Waals surface area contributed by atoms with Crippen molar-refractivity contribution < 1.29 is 22.1 Å². The van der Waals surface area contributed by atoms with Gasteiger partial charge in [0.1, 0.15) is 13.2 Å². The summed E-state index contributed by atoms with van der Waals surface area (Å²) in [5.74, 6) is 0.913. The van der Waals surface area contributed by atoms with Crippen molar-refractivity contribution in [2.45, 2.75) is 11.0 Å². The first-order chi connectivity index (χ1) is 11.5. The van der Waals surface area contributed by atoms with Gasteiger partial charge in [-0.2, -0.15) is 13.7 Å². The molecular weight excluding hydrogens is 398 g/mol. The second-order valence-electron chi connectivity index (χ2n) is 5.02. The largest absolute Gasteiger partial charge is 0.486 e. The molecule has 0 radical (unpaired) electrons. The molecule has 0 saturated heterocycles. The molecule has 1 aliphatic rings. The maximum Gasteiger partial charge on any atom is 0.297 e. The van der Waals surface area contributed by atoms with Crippen LogP contribution in [0, 0.1) is 11.3 Å². The van der Waals surface area contributed by atoms with Crippen molar-refractivity contribution >= 4 is 26.0 Å². The highest BCUT2D eigenvalue weighted by molar-refractivity contribution is 9.10. The van der Waals surface area contributed by atoms with Crippen LogP contribution >= 0.6 is 15.9 Å². The minimum atomic E-state index is -3.88. The van der Waals surface area contributed by atoms with E-state index in [4.69, 9.17) is 18.9 Å². The van der Waals surface area contributed by atoms with Crippen molar-refractivity contribution in [2.24, 2.45) is 0 Å². The molecule has 0 amide bonds. The van der Waals surface area contributed by atoms with E-state index in [2.05, 4.69) is 15.9 Å². The van der Waals surface area contributed by atoms with E-state index in [1.54, 1.807) is 30.3 Å². The van der Waals surface area contributed by atoms with Gasteiger partial charge in [-0.1, -0.05) is 15.9 Å². The molecular formula is C16H12BrNO5S. The van der Waals surface area contributed by atoms with Crippen molar-refractivity contribution in [1.82, 2.24) is 0 Å². The predicted octanol–water partition coefficient (Wildman–Crippen LogP) is 2.87. The third kappa shape index (κ3) is 3.70. The zero-order chi connectivity index (χ0) is 17.2. The highest BCUT2D eigenvalue weighted by Crippen LogP contribution is 2.32. The monoisotopic (exact) mass is 409 g/mol. The van der Waals surface area contributed by atoms with Crippen molar-refractivity contribution in [3.63, 3.8) is 0 Å². The van der Waals surface area contributed by atoms with E-state index in [0.29, 0.717) is 17.1 Å². The topological polar surface area (TPSA) is 85.6 Å². The summed E-state index contributed by atoms with van der Waals surface area (Å²) >= 11 is 3.25. The Morgan fingerprint density at radius 2 is 1.96 bits per heavy atom. The highest BCUT2D eigenvalue weighted by Gasteiger charge is 2.25. The minimum Gasteiger partial charge on any atom is -0.486 e. The molecule has 0 aliphatic carbocycles. The standard InChI is InChI=1S/C16H12BrNO5S/c17-12-2-4-14(5-3-12)24(19,20)22-10-13-9-21-15-6-1-11(8-18)7-16(15)23-13/h1-7,13H,9-10H2/t13-/m0/s1. The first-order valence-electron chi connectivity index (χ1n) is 6.96. The quantitative estimate of drug-likeness (QED) is 0.721. The summed E-state index contributed by atoms with van der Waals surface area (Å²) in [5, 5.41) is 8.91. The highest BCUT2D eigenvalue weighted by atomic mass is 79.9. The summed E-state index contributed by atoms with van der Waals surface area (Å²) < 4.78 is 41.3. The molecule has 2 aromatic rings. The fourth-order valence-corrected chi connectivity index (χ4v) is 3.30. The Kier molecular flexibility index (Phi) is 4.76. The van der Waals surface area contributed by atoms with Gasteiger partial charge in [-0.3, -0.25) is 4.18 Å². The van der Waals surface area contributed by atoms with E-state index in [1.807, 2.05) is 6.07 Å². The summed E-state index contributed by atoms with van der Waals surface area (Å²) in [6.07, 6.45) is -0.586. The normalized spacial score (nSPS) is 16.4. The van der Waals surface area contributed by atoms with Crippen LogP contribution in [0.25, 0.3) is 0 Å². The lowest BCUT2D eigenvalue weighted by Crippen LogP contribution is -2.34. The molecule has 1 atom stereocenters. The Bertz CT molecular complexity index is 890. The molecule has 0 spiro atoms. The Balaban J connectivity index is 1.67. The lowest BCUT2D eigenvalue weighted by molar-refractivity contribution is 0.0554. The fourth-order valence-electron chi connectivity index (χ4n) is 2.10. The van der Waals surface area contributed by atoms with Crippen LogP contribution in [0.15, 0.2) is 51.8 Å². The van der Waals surface area contributed by atoms with Gasteiger partial charge in [-0.25, -0.2) is 0 Å². The number of rotatable bonds is 4. The van der Waals surface area contributed by atoms with E-state index in [0.717, 1.165) is 4.47 Å². The Hall–Kier alpha value is -2.08. The van der Waals surface area contributed by atoms with Gasteiger partial charge in [0.05, 0.1) is 16.5 Å². The van der Waals surface area contributed by atoms with Gasteiger partial charge in [-0.05, 0) is 36.4 Å². The Labute approximate surface area is 147 Å². The molecule has 24 heavy (non-hydrogen) atoms. The Morgan fingerprint density at radius 1 is 1.21 bits per heavy atom. The van der Waals surface area contributed by atoms with Crippen molar-refractivity contribution in [3.05, 3.63) is 52.5 Å². The lowest BCUT2D eigenvalue weighted by atomic mass is 10.2. The zero-order valence-electron chi connectivity index (χ0n) is 12.3. The van der Waals surface area contributed by atoms with Crippen LogP contribution < -0.4 is 9.47 Å². The summed E-state index contributed by atoms with van der Waals surface area (Å²) in [5.41, 5.74) is 0.432. The van der Waals surface area contributed by atoms with Gasteiger partial charge in [0.15, 0.2) is 17.6 Å². The Morgan fingerprint density at radius 3 is 2.67 bits per heavy atom. The third-order valence-electron chi connectivity index (χ3n) is 3.30. The molecule has 0 saturated carbocycles. The maximum atomic E-state index is 12.2. The molecule has 1 aliphatic heterocycles. The first kappa shape index (κ1) is 16.8. The van der Waals surface area contributed by atoms with Crippen LogP contribution in [0.1, 0.15) is 5.56 Å². The van der Waals surface area contributed by atoms with Gasteiger partial charge in [0.25, 0.3) is 10.1 Å². The van der Waals surface area contributed by atoms with Gasteiger partial charge in [0.2, 0.25) is 0 Å². The number of nitriles is 1. The maximum absolute atomic E-state index is 12.2. The average Bonchev–Trinajstić information content (AvgIpc) is 2.59. The predicted molar refractivity (Wildman–Crippen MR) is 88.3 cm³/mol. The summed E-state index contributed by atoms with van der Waals surface area (Å²) in [6, 6.07) is 13.0. The van der Waals surface area contributed by atoms with E-state index in [9.17, 15) is 8.42 Å². The number of hydrogen-bond acceptors (Lipinski definition) is 6. The van der Waals surface area contributed by atoms with E-state index in [1.165, 1.54) is 12.1 Å². The number of fused-ring (bicyclic) bond motifs is 1. The van der Waals surface area contributed by atoms with Crippen molar-refractivity contribution in [1.29, 1.82) is 5.26 Å². The number of benzene rings is 2. The van der Waals surface area contributed by atoms with Gasteiger partial charge >= 0.3 is 0 Å². The van der Waals surface area contributed by atoms with E-state index in [-0.39, 0.29) is 18.1 Å². The number of ether oxygens (including phenoxy) is 2. The van der Waals surface area contributed by atoms with Crippen LogP contribution in [0.4, 0.5) is 0 Å². The number of halogens is 1. The first-order valence-corrected chi connectivity index (χ1v) is 9.17. The zero-order valence-corrected chi connectivity index (χ0v) is 14.7. The van der Waals surface area contributed by atoms with Gasteiger partial charge in [-0.15, -0.1) is 0 Å². The molecule has 2 aromatic carbocycles. The summed E-state index contributed by atoms with van der Waals surface area (Å²) in [6.45, 7) is -0.0244. The summed E-state index contributed by atoms with van der Waals surface area (Å²) in [4.78, 5) is 0.0644. The fraction of sp³-hybridized carbons (Fsp3) is 0.188. The van der Waals surface area contributed by atoms with E-state index < -0.39 is 16.2 Å². The van der Waals surface area contributed by atoms with Crippen LogP contribution in [0.3, 0.4) is 0 Å². The second kappa shape index (κ2) is 6.81. The molecule has 0 unspecified atom stereocenters. The smallest absolute Gasteiger partial charge is 0.297 e. The van der Waals surface area contributed by atoms with Gasteiger partial charge in [0, 0.05) is 10.5 Å². The van der Waals surface area contributed by atoms with Crippen LogP contribution in [-0.4, -0.2) is 27.7 Å². The van der Waals surface area contributed by atoms with E-state index >= 15 is 0 Å². The van der Waals surface area contributed by atoms with Gasteiger partial charge < -0.3 is 9.47 Å². The third-order valence-corrected chi connectivity index (χ3v) is 5.13. The van der Waals surface area contributed by atoms with Crippen LogP contribution in [0.5, 0.6) is 11.5 Å². The van der Waals surface area contributed by atoms with Crippen LogP contribution in [0.2, 0.25) is 0 Å². The molecule has 124 valence electrons. The average molecular weight is 410 g/mol. The SMILES string of the molecule is N#Cc1ccc2c(c1)O[C@H](COS(=O)(=O)c1ccc(Br)cc1)CO2. The molecule has 0 bridgehead atoms. The molecule has 0 fully saturated rings. The molecule has 1 heterocycles. The second-order valence-corrected chi connectivity index (χ2v) is 7.55.